The zero-order valence-electron chi connectivity index (χ0n) is 54.5. The van der Waals surface area contributed by atoms with E-state index in [4.69, 9.17) is 18.9 Å². The van der Waals surface area contributed by atoms with Crippen molar-refractivity contribution in [1.29, 1.82) is 0 Å². The average Bonchev–Trinajstić information content (AvgIpc) is 3.52. The van der Waals surface area contributed by atoms with Gasteiger partial charge in [0.1, 0.15) is 13.2 Å². The van der Waals surface area contributed by atoms with E-state index in [1.807, 2.05) is 21.1 Å². The van der Waals surface area contributed by atoms with Crippen molar-refractivity contribution < 1.29 is 42.9 Å². The van der Waals surface area contributed by atoms with E-state index in [1.165, 1.54) is 109 Å². The molecule has 0 rings (SSSR count). The van der Waals surface area contributed by atoms with E-state index in [9.17, 15) is 19.5 Å². The number of quaternary nitrogens is 1. The number of rotatable bonds is 61. The fourth-order valence-corrected chi connectivity index (χ4v) is 9.01. The molecule has 0 aliphatic rings. The number of hydrogen-bond acceptors (Lipinski definition) is 8. The van der Waals surface area contributed by atoms with Crippen LogP contribution in [0, 0.1) is 0 Å². The molecule has 0 spiro atoms. The highest BCUT2D eigenvalue weighted by Crippen LogP contribution is 2.16. The molecule has 0 amide bonds. The molecule has 84 heavy (non-hydrogen) atoms. The molecule has 0 fully saturated rings. The van der Waals surface area contributed by atoms with Gasteiger partial charge in [-0.2, -0.15) is 0 Å². The van der Waals surface area contributed by atoms with Crippen molar-refractivity contribution in [2.45, 2.75) is 277 Å². The Morgan fingerprint density at radius 1 is 0.369 bits per heavy atom. The SMILES string of the molecule is CC/C=C\C/C=C\C/C=C\C/C=C\C/C=C\C/C=C\C/C=C\C/C=C\C/C=C\C/C=C\C/C=C\CCCCCCCC(=O)OC(COC(=O)CCCCCCCCCCCCCCCCCCCCCC)COC(OCC[N+](C)(C)C)C(=O)[O-]. The van der Waals surface area contributed by atoms with E-state index < -0.39 is 24.3 Å². The van der Waals surface area contributed by atoms with Crippen LogP contribution in [0.1, 0.15) is 264 Å². The van der Waals surface area contributed by atoms with Crippen LogP contribution in [0.5, 0.6) is 0 Å². The van der Waals surface area contributed by atoms with Crippen molar-refractivity contribution in [3.8, 4) is 0 Å². The highest BCUT2D eigenvalue weighted by Gasteiger charge is 2.22. The van der Waals surface area contributed by atoms with E-state index in [1.54, 1.807) is 0 Å². The van der Waals surface area contributed by atoms with Gasteiger partial charge in [-0.1, -0.05) is 289 Å². The maximum absolute atomic E-state index is 12.9. The molecule has 2 atom stereocenters. The second kappa shape index (κ2) is 64.4. The van der Waals surface area contributed by atoms with Gasteiger partial charge in [0.05, 0.1) is 40.3 Å². The Labute approximate surface area is 516 Å². The van der Waals surface area contributed by atoms with E-state index in [-0.39, 0.29) is 38.6 Å². The van der Waals surface area contributed by atoms with Crippen molar-refractivity contribution in [3.05, 3.63) is 134 Å². The summed E-state index contributed by atoms with van der Waals surface area (Å²) in [6, 6.07) is 0. The largest absolute Gasteiger partial charge is 0.545 e. The van der Waals surface area contributed by atoms with Crippen LogP contribution < -0.4 is 5.11 Å². The molecule has 0 aliphatic carbocycles. The van der Waals surface area contributed by atoms with Crippen LogP contribution in [-0.4, -0.2) is 82.3 Å². The van der Waals surface area contributed by atoms with E-state index in [0.29, 0.717) is 17.4 Å². The summed E-state index contributed by atoms with van der Waals surface area (Å²) in [5, 5.41) is 11.8. The number of unbranched alkanes of at least 4 members (excludes halogenated alkanes) is 24. The zero-order chi connectivity index (χ0) is 61.2. The maximum Gasteiger partial charge on any atom is 0.306 e. The van der Waals surface area contributed by atoms with Crippen molar-refractivity contribution in [2.24, 2.45) is 0 Å². The third kappa shape index (κ3) is 65.0. The van der Waals surface area contributed by atoms with Gasteiger partial charge < -0.3 is 33.3 Å². The number of carbonyl (C=O) groups excluding carboxylic acids is 3. The number of hydrogen-bond donors (Lipinski definition) is 0. The molecule has 478 valence electrons. The number of carboxylic acids is 1. The first-order valence-corrected chi connectivity index (χ1v) is 33.8. The number of ether oxygens (including phenoxy) is 4. The summed E-state index contributed by atoms with van der Waals surface area (Å²) < 4.78 is 22.7. The Bertz CT molecular complexity index is 1840. The molecule has 0 aromatic rings. The van der Waals surface area contributed by atoms with Crippen molar-refractivity contribution >= 4 is 17.9 Å². The minimum Gasteiger partial charge on any atom is -0.545 e. The fraction of sp³-hybridized carbons (Fsp3) is 0.667. The summed E-state index contributed by atoms with van der Waals surface area (Å²) in [6.45, 7) is 4.62. The molecule has 0 heterocycles. The molecule has 9 heteroatoms. The molecule has 0 aromatic heterocycles. The van der Waals surface area contributed by atoms with Crippen LogP contribution in [0.4, 0.5) is 0 Å². The molecule has 0 aliphatic heterocycles. The average molecular weight is 1170 g/mol. The lowest BCUT2D eigenvalue weighted by Gasteiger charge is -2.26. The number of esters is 2. The predicted molar refractivity (Wildman–Crippen MR) is 356 cm³/mol. The quantitative estimate of drug-likeness (QED) is 0.0195. The van der Waals surface area contributed by atoms with Gasteiger partial charge in [-0.05, 0) is 96.3 Å². The first kappa shape index (κ1) is 79.4. The van der Waals surface area contributed by atoms with E-state index >= 15 is 0 Å². The lowest BCUT2D eigenvalue weighted by molar-refractivity contribution is -0.870. The third-order valence-electron chi connectivity index (χ3n) is 14.2. The Morgan fingerprint density at radius 2 is 0.679 bits per heavy atom. The second-order valence-corrected chi connectivity index (χ2v) is 23.4. The summed E-state index contributed by atoms with van der Waals surface area (Å²) in [6.07, 6.45) is 89.5. The standard InChI is InChI=1S/C75H125NO8/c1-6-8-10-12-14-16-18-20-22-24-26-28-29-30-31-32-33-34-35-36-37-38-39-40-41-42-43-44-45-46-48-50-52-54-56-58-60-62-64-66-73(78)84-71(70-83-75(74(79)80)81-68-67-76(3,4)5)69-82-72(77)65-63-61-59-57-55-53-51-49-47-27-25-23-21-19-17-15-13-11-9-7-2/h8,10,14,16,20,22,26,28,30-31,33-34,36-37,39-40,42-43,45-46,50,52,71,75H,6-7,9,11-13,15,17-19,21,23-25,27,29,32,35,38,41,44,47-49,51,53-70H2,1-5H3/b10-8-,16-14-,22-20-,28-26-,31-30-,34-33-,37-36-,40-39-,43-42-,46-45-,52-50-. The van der Waals surface area contributed by atoms with Crippen LogP contribution in [0.15, 0.2) is 134 Å². The summed E-state index contributed by atoms with van der Waals surface area (Å²) in [5.41, 5.74) is 0. The fourth-order valence-electron chi connectivity index (χ4n) is 9.01. The predicted octanol–water partition coefficient (Wildman–Crippen LogP) is 19.6. The van der Waals surface area contributed by atoms with Crippen LogP contribution in [-0.2, 0) is 33.3 Å². The first-order valence-electron chi connectivity index (χ1n) is 33.8. The van der Waals surface area contributed by atoms with Crippen molar-refractivity contribution in [2.75, 3.05) is 47.5 Å². The van der Waals surface area contributed by atoms with Crippen LogP contribution in [0.2, 0.25) is 0 Å². The molecule has 0 N–H and O–H groups in total. The molecular formula is C75H125NO8. The molecule has 0 bridgehead atoms. The number of allylic oxidation sites excluding steroid dienone is 22. The number of aliphatic carboxylic acids is 1. The van der Waals surface area contributed by atoms with Gasteiger partial charge in [0.25, 0.3) is 0 Å². The van der Waals surface area contributed by atoms with Crippen LogP contribution in [0.3, 0.4) is 0 Å². The van der Waals surface area contributed by atoms with Gasteiger partial charge in [-0.25, -0.2) is 0 Å². The molecule has 9 nitrogen and oxygen atoms in total. The molecule has 0 aromatic carbocycles. The Morgan fingerprint density at radius 3 is 1.01 bits per heavy atom. The van der Waals surface area contributed by atoms with E-state index in [0.717, 1.165) is 122 Å². The maximum atomic E-state index is 12.9. The normalized spacial score (nSPS) is 13.6. The monoisotopic (exact) mass is 1170 g/mol. The number of carbonyl (C=O) groups is 3. The van der Waals surface area contributed by atoms with Crippen molar-refractivity contribution in [1.82, 2.24) is 0 Å². The summed E-state index contributed by atoms with van der Waals surface area (Å²) in [4.78, 5) is 37.4. The Hall–Kier alpha value is -4.57. The van der Waals surface area contributed by atoms with Gasteiger partial charge in [0.2, 0.25) is 0 Å². The van der Waals surface area contributed by atoms with Gasteiger partial charge >= 0.3 is 11.9 Å². The van der Waals surface area contributed by atoms with Crippen LogP contribution >= 0.6 is 0 Å². The van der Waals surface area contributed by atoms with Crippen LogP contribution in [0.25, 0.3) is 0 Å². The molecule has 0 radical (unpaired) electrons. The minimum atomic E-state index is -1.63. The zero-order valence-corrected chi connectivity index (χ0v) is 54.5. The van der Waals surface area contributed by atoms with Gasteiger partial charge in [-0.3, -0.25) is 9.59 Å². The smallest absolute Gasteiger partial charge is 0.306 e. The number of nitrogens with zero attached hydrogens (tertiary/aromatic N) is 1. The van der Waals surface area contributed by atoms with E-state index in [2.05, 4.69) is 148 Å². The molecular weight excluding hydrogens is 1040 g/mol. The lowest BCUT2D eigenvalue weighted by atomic mass is 10.0. The Balaban J connectivity index is 4.22. The number of likely N-dealkylation sites (N-methyl/N-ethyl adjacent to an activating group) is 1. The lowest BCUT2D eigenvalue weighted by Crippen LogP contribution is -2.44. The third-order valence-corrected chi connectivity index (χ3v) is 14.2. The summed E-state index contributed by atoms with van der Waals surface area (Å²) in [5.74, 6) is -2.31. The second-order valence-electron chi connectivity index (χ2n) is 23.4. The van der Waals surface area contributed by atoms with Crippen molar-refractivity contribution in [3.63, 3.8) is 0 Å². The topological polar surface area (TPSA) is 111 Å². The Kier molecular flexibility index (Phi) is 60.9. The summed E-state index contributed by atoms with van der Waals surface area (Å²) in [7, 11) is 5.91. The van der Waals surface area contributed by atoms with Gasteiger partial charge in [0.15, 0.2) is 12.4 Å². The summed E-state index contributed by atoms with van der Waals surface area (Å²) >= 11 is 0. The molecule has 0 saturated heterocycles. The molecule has 0 saturated carbocycles. The number of carboxylic acid groups (broad SMARTS) is 1. The van der Waals surface area contributed by atoms with Gasteiger partial charge in [0, 0.05) is 12.8 Å². The van der Waals surface area contributed by atoms with Gasteiger partial charge in [-0.15, -0.1) is 0 Å². The highest BCUT2D eigenvalue weighted by molar-refractivity contribution is 5.70. The highest BCUT2D eigenvalue weighted by atomic mass is 16.7. The first-order chi connectivity index (χ1) is 41.1. The molecule has 2 unspecified atom stereocenters. The minimum absolute atomic E-state index is 0.138.